The maximum absolute atomic E-state index is 12.8. The molecule has 0 aromatic carbocycles. The summed E-state index contributed by atoms with van der Waals surface area (Å²) in [5, 5.41) is 2.65. The predicted molar refractivity (Wildman–Crippen MR) is 54.7 cm³/mol. The number of rotatable bonds is 3. The number of carbonyl (C=O) groups excluding carboxylic acids is 1. The molecule has 0 aliphatic heterocycles. The van der Waals surface area contributed by atoms with Gasteiger partial charge < -0.3 is 5.32 Å². The molecule has 0 aromatic heterocycles. The zero-order valence-electron chi connectivity index (χ0n) is 9.15. The second kappa shape index (κ2) is 4.73. The summed E-state index contributed by atoms with van der Waals surface area (Å²) < 4.78 is 25.6. The maximum atomic E-state index is 12.8. The molecular weight excluding hydrogens is 200 g/mol. The van der Waals surface area contributed by atoms with Crippen molar-refractivity contribution in [3.05, 3.63) is 11.6 Å². The van der Waals surface area contributed by atoms with Gasteiger partial charge in [-0.3, -0.25) is 4.79 Å². The van der Waals surface area contributed by atoms with Gasteiger partial charge in [0.2, 0.25) is 11.8 Å². The van der Waals surface area contributed by atoms with E-state index in [4.69, 9.17) is 0 Å². The van der Waals surface area contributed by atoms with Crippen LogP contribution in [0.1, 0.15) is 33.1 Å². The molecule has 1 rings (SSSR count). The second-order valence-electron chi connectivity index (χ2n) is 4.32. The van der Waals surface area contributed by atoms with E-state index in [0.29, 0.717) is 13.0 Å². The van der Waals surface area contributed by atoms with Crippen molar-refractivity contribution in [3.8, 4) is 0 Å². The molecule has 2 nitrogen and oxygen atoms in total. The largest absolute Gasteiger partial charge is 0.352 e. The molecule has 86 valence electrons. The van der Waals surface area contributed by atoms with Crippen molar-refractivity contribution in [1.82, 2.24) is 5.32 Å². The molecule has 15 heavy (non-hydrogen) atoms. The smallest absolute Gasteiger partial charge is 0.248 e. The van der Waals surface area contributed by atoms with E-state index in [1.54, 1.807) is 0 Å². The van der Waals surface area contributed by atoms with Crippen molar-refractivity contribution >= 4 is 5.91 Å². The first-order valence-electron chi connectivity index (χ1n) is 5.19. The van der Waals surface area contributed by atoms with Gasteiger partial charge in [0, 0.05) is 25.3 Å². The first-order valence-corrected chi connectivity index (χ1v) is 5.19. The van der Waals surface area contributed by atoms with Gasteiger partial charge in [0.25, 0.3) is 0 Å². The van der Waals surface area contributed by atoms with E-state index >= 15 is 0 Å². The summed E-state index contributed by atoms with van der Waals surface area (Å²) >= 11 is 0. The number of alkyl halides is 2. The lowest BCUT2D eigenvalue weighted by molar-refractivity contribution is -0.125. The van der Waals surface area contributed by atoms with Crippen molar-refractivity contribution in [2.24, 2.45) is 5.92 Å². The quantitative estimate of drug-likeness (QED) is 0.723. The van der Waals surface area contributed by atoms with Crippen molar-refractivity contribution < 1.29 is 13.6 Å². The van der Waals surface area contributed by atoms with Crippen LogP contribution in [0.3, 0.4) is 0 Å². The lowest BCUT2D eigenvalue weighted by Gasteiger charge is -2.10. The monoisotopic (exact) mass is 217 g/mol. The fraction of sp³-hybridized carbons (Fsp3) is 0.727. The summed E-state index contributed by atoms with van der Waals surface area (Å²) in [7, 11) is 0. The molecule has 1 aliphatic carbocycles. The standard InChI is InChI=1S/C11H17F2NO/c1-8(2)4-6-14-10(15)9-3-5-11(12,13)7-9/h4,9H,3,5-7H2,1-2H3,(H,14,15). The zero-order chi connectivity index (χ0) is 11.5. The Morgan fingerprint density at radius 3 is 2.67 bits per heavy atom. The third-order valence-electron chi connectivity index (χ3n) is 2.56. The minimum atomic E-state index is -2.64. The summed E-state index contributed by atoms with van der Waals surface area (Å²) in [4.78, 5) is 11.4. The Morgan fingerprint density at radius 1 is 1.53 bits per heavy atom. The van der Waals surface area contributed by atoms with Gasteiger partial charge in [0.15, 0.2) is 0 Å². The van der Waals surface area contributed by atoms with Crippen LogP contribution in [0, 0.1) is 5.92 Å². The van der Waals surface area contributed by atoms with Crippen LogP contribution in [0.15, 0.2) is 11.6 Å². The lowest BCUT2D eigenvalue weighted by Crippen LogP contribution is -2.30. The molecule has 1 amide bonds. The average molecular weight is 217 g/mol. The Labute approximate surface area is 88.7 Å². The molecule has 0 spiro atoms. The molecule has 1 aliphatic rings. The number of hydrogen-bond donors (Lipinski definition) is 1. The number of carbonyl (C=O) groups is 1. The Morgan fingerprint density at radius 2 is 2.20 bits per heavy atom. The Kier molecular flexibility index (Phi) is 3.83. The highest BCUT2D eigenvalue weighted by Gasteiger charge is 2.42. The molecule has 0 heterocycles. The Hall–Kier alpha value is -0.930. The first-order chi connectivity index (χ1) is 6.91. The van der Waals surface area contributed by atoms with Crippen molar-refractivity contribution in [3.63, 3.8) is 0 Å². The Bertz CT molecular complexity index is 270. The van der Waals surface area contributed by atoms with Gasteiger partial charge in [0.05, 0.1) is 0 Å². The van der Waals surface area contributed by atoms with Gasteiger partial charge >= 0.3 is 0 Å². The Balaban J connectivity index is 2.33. The summed E-state index contributed by atoms with van der Waals surface area (Å²) in [6, 6.07) is 0. The summed E-state index contributed by atoms with van der Waals surface area (Å²) in [5.74, 6) is -3.39. The van der Waals surface area contributed by atoms with Crippen LogP contribution in [0.5, 0.6) is 0 Å². The van der Waals surface area contributed by atoms with Crippen LogP contribution in [0.25, 0.3) is 0 Å². The molecule has 1 saturated carbocycles. The van der Waals surface area contributed by atoms with E-state index in [-0.39, 0.29) is 18.7 Å². The number of hydrogen-bond acceptors (Lipinski definition) is 1. The lowest BCUT2D eigenvalue weighted by atomic mass is 10.1. The van der Waals surface area contributed by atoms with Gasteiger partial charge in [-0.1, -0.05) is 11.6 Å². The molecule has 1 unspecified atom stereocenters. The van der Waals surface area contributed by atoms with E-state index < -0.39 is 11.8 Å². The molecule has 0 aromatic rings. The van der Waals surface area contributed by atoms with E-state index in [1.807, 2.05) is 19.9 Å². The third kappa shape index (κ3) is 3.98. The van der Waals surface area contributed by atoms with Crippen LogP contribution in [-0.4, -0.2) is 18.4 Å². The normalized spacial score (nSPS) is 23.6. The van der Waals surface area contributed by atoms with Crippen molar-refractivity contribution in [2.45, 2.75) is 39.0 Å². The minimum absolute atomic E-state index is 0.159. The summed E-state index contributed by atoms with van der Waals surface area (Å²) in [5.41, 5.74) is 1.10. The van der Waals surface area contributed by atoms with E-state index in [0.717, 1.165) is 5.57 Å². The number of nitrogens with one attached hydrogen (secondary N) is 1. The number of amides is 1. The van der Waals surface area contributed by atoms with Crippen LogP contribution in [-0.2, 0) is 4.79 Å². The highest BCUT2D eigenvalue weighted by Crippen LogP contribution is 2.38. The van der Waals surface area contributed by atoms with Gasteiger partial charge in [-0.05, 0) is 20.3 Å². The van der Waals surface area contributed by atoms with Crippen LogP contribution in [0.4, 0.5) is 8.78 Å². The van der Waals surface area contributed by atoms with Crippen LogP contribution >= 0.6 is 0 Å². The van der Waals surface area contributed by atoms with Gasteiger partial charge in [-0.15, -0.1) is 0 Å². The van der Waals surface area contributed by atoms with Crippen LogP contribution < -0.4 is 5.32 Å². The van der Waals surface area contributed by atoms with Crippen molar-refractivity contribution in [1.29, 1.82) is 0 Å². The van der Waals surface area contributed by atoms with Gasteiger partial charge in [0.1, 0.15) is 0 Å². The van der Waals surface area contributed by atoms with Crippen molar-refractivity contribution in [2.75, 3.05) is 6.54 Å². The minimum Gasteiger partial charge on any atom is -0.352 e. The topological polar surface area (TPSA) is 29.1 Å². The van der Waals surface area contributed by atoms with E-state index in [1.165, 1.54) is 0 Å². The fourth-order valence-corrected chi connectivity index (χ4v) is 1.67. The predicted octanol–water partition coefficient (Wildman–Crippen LogP) is 2.50. The SMILES string of the molecule is CC(C)=CCNC(=O)C1CCC(F)(F)C1. The number of halogens is 2. The molecule has 1 N–H and O–H groups in total. The number of allylic oxidation sites excluding steroid dienone is 1. The molecule has 0 bridgehead atoms. The molecule has 0 saturated heterocycles. The van der Waals surface area contributed by atoms with Crippen LogP contribution in [0.2, 0.25) is 0 Å². The highest BCUT2D eigenvalue weighted by atomic mass is 19.3. The van der Waals surface area contributed by atoms with E-state index in [2.05, 4.69) is 5.32 Å². The summed E-state index contributed by atoms with van der Waals surface area (Å²) in [6.07, 6.45) is 1.71. The molecule has 0 radical (unpaired) electrons. The molecule has 4 heteroatoms. The van der Waals surface area contributed by atoms with Gasteiger partial charge in [-0.25, -0.2) is 8.78 Å². The highest BCUT2D eigenvalue weighted by molar-refractivity contribution is 5.79. The zero-order valence-corrected chi connectivity index (χ0v) is 9.15. The molecule has 1 fully saturated rings. The first kappa shape index (κ1) is 12.1. The summed E-state index contributed by atoms with van der Waals surface area (Å²) in [6.45, 7) is 4.29. The fourth-order valence-electron chi connectivity index (χ4n) is 1.67. The second-order valence-corrected chi connectivity index (χ2v) is 4.32. The molecule has 1 atom stereocenters. The maximum Gasteiger partial charge on any atom is 0.248 e. The van der Waals surface area contributed by atoms with Gasteiger partial charge in [-0.2, -0.15) is 0 Å². The third-order valence-corrected chi connectivity index (χ3v) is 2.56. The molecular formula is C11H17F2NO. The average Bonchev–Trinajstić information content (AvgIpc) is 2.45. The van der Waals surface area contributed by atoms with E-state index in [9.17, 15) is 13.6 Å².